The van der Waals surface area contributed by atoms with Crippen LogP contribution in [0.1, 0.15) is 19.4 Å². The van der Waals surface area contributed by atoms with Gasteiger partial charge in [0.05, 0.1) is 10.9 Å². The number of benzene rings is 1. The lowest BCUT2D eigenvalue weighted by atomic mass is 10.1. The van der Waals surface area contributed by atoms with Crippen LogP contribution in [0.5, 0.6) is 0 Å². The van der Waals surface area contributed by atoms with Crippen LogP contribution in [-0.2, 0) is 11.2 Å². The largest absolute Gasteiger partial charge is 0.364 e. The molecule has 128 valence electrons. The van der Waals surface area contributed by atoms with Crippen LogP contribution in [0.4, 0.5) is 5.13 Å². The molecule has 2 aromatic rings. The van der Waals surface area contributed by atoms with Crippen molar-refractivity contribution in [2.45, 2.75) is 25.5 Å². The zero-order chi connectivity index (χ0) is 17.7. The number of thiazole rings is 1. The van der Waals surface area contributed by atoms with Crippen molar-refractivity contribution in [3.63, 3.8) is 0 Å². The molecule has 1 aromatic heterocycles. The Morgan fingerprint density at radius 2 is 2.04 bits per heavy atom. The Balaban J connectivity index is 2.00. The summed E-state index contributed by atoms with van der Waals surface area (Å²) >= 11 is 8.02. The number of thiocarbonyl (C=S) groups is 1. The van der Waals surface area contributed by atoms with Crippen molar-refractivity contribution in [2.24, 2.45) is 0 Å². The highest BCUT2D eigenvalue weighted by atomic mass is 32.2. The molecule has 0 aliphatic heterocycles. The summed E-state index contributed by atoms with van der Waals surface area (Å²) in [5.74, 6) is -0.0913. The molecule has 24 heavy (non-hydrogen) atoms. The Morgan fingerprint density at radius 1 is 1.38 bits per heavy atom. The number of aromatic nitrogens is 1. The highest BCUT2D eigenvalue weighted by Gasteiger charge is 2.18. The molecule has 0 radical (unpaired) electrons. The fraction of sp³-hybridized carbons (Fsp3) is 0.353. The number of anilines is 1. The Labute approximate surface area is 156 Å². The van der Waals surface area contributed by atoms with E-state index in [1.54, 1.807) is 0 Å². The Morgan fingerprint density at radius 3 is 2.62 bits per heavy atom. The topological polar surface area (TPSA) is 45.2 Å². The molecule has 1 N–H and O–H groups in total. The average Bonchev–Trinajstić information content (AvgIpc) is 3.03. The quantitative estimate of drug-likeness (QED) is 0.786. The molecule has 0 spiro atoms. The first kappa shape index (κ1) is 18.9. The molecule has 1 aromatic carbocycles. The van der Waals surface area contributed by atoms with E-state index in [-0.39, 0.29) is 11.2 Å². The van der Waals surface area contributed by atoms with E-state index in [1.807, 2.05) is 31.3 Å². The van der Waals surface area contributed by atoms with Crippen molar-refractivity contribution in [3.05, 3.63) is 35.2 Å². The Kier molecular flexibility index (Phi) is 6.77. The van der Waals surface area contributed by atoms with E-state index in [0.717, 1.165) is 17.7 Å². The summed E-state index contributed by atoms with van der Waals surface area (Å²) in [7, 11) is 3.74. The third kappa shape index (κ3) is 5.03. The maximum Gasteiger partial charge on any atom is 0.239 e. The van der Waals surface area contributed by atoms with E-state index in [9.17, 15) is 4.79 Å². The van der Waals surface area contributed by atoms with Gasteiger partial charge in [-0.05, 0) is 18.9 Å². The molecule has 0 unspecified atom stereocenters. The minimum absolute atomic E-state index is 0.0913. The minimum Gasteiger partial charge on any atom is -0.364 e. The number of nitrogens with zero attached hydrogens (tertiary/aromatic N) is 2. The highest BCUT2D eigenvalue weighted by molar-refractivity contribution is 8.23. The van der Waals surface area contributed by atoms with Crippen molar-refractivity contribution in [2.75, 3.05) is 19.4 Å². The number of thioether (sulfide) groups is 1. The minimum atomic E-state index is -0.268. The van der Waals surface area contributed by atoms with Crippen LogP contribution in [0.25, 0.3) is 11.3 Å². The van der Waals surface area contributed by atoms with Gasteiger partial charge >= 0.3 is 0 Å². The predicted octanol–water partition coefficient (Wildman–Crippen LogP) is 4.28. The van der Waals surface area contributed by atoms with Crippen LogP contribution in [0, 0.1) is 0 Å². The Hall–Kier alpha value is -1.44. The molecule has 0 fully saturated rings. The number of amides is 1. The number of rotatable bonds is 5. The fourth-order valence-corrected chi connectivity index (χ4v) is 3.73. The van der Waals surface area contributed by atoms with Crippen molar-refractivity contribution in [1.29, 1.82) is 0 Å². The van der Waals surface area contributed by atoms with E-state index in [2.05, 4.69) is 41.5 Å². The fourth-order valence-electron chi connectivity index (χ4n) is 1.89. The zero-order valence-corrected chi connectivity index (χ0v) is 16.6. The lowest BCUT2D eigenvalue weighted by molar-refractivity contribution is -0.115. The van der Waals surface area contributed by atoms with Gasteiger partial charge < -0.3 is 10.2 Å². The normalized spacial score (nSPS) is 11.8. The van der Waals surface area contributed by atoms with Gasteiger partial charge in [0.2, 0.25) is 5.91 Å². The molecule has 1 heterocycles. The zero-order valence-electron chi connectivity index (χ0n) is 14.2. The first-order chi connectivity index (χ1) is 11.4. The second-order valence-corrected chi connectivity index (χ2v) is 8.33. The molecule has 0 aliphatic carbocycles. The summed E-state index contributed by atoms with van der Waals surface area (Å²) in [6, 6.07) is 8.34. The maximum absolute atomic E-state index is 12.3. The molecule has 0 bridgehead atoms. The molecule has 4 nitrogen and oxygen atoms in total. The molecule has 7 heteroatoms. The van der Waals surface area contributed by atoms with Gasteiger partial charge in [-0.1, -0.05) is 55.2 Å². The van der Waals surface area contributed by atoms with E-state index in [4.69, 9.17) is 12.2 Å². The lowest BCUT2D eigenvalue weighted by Crippen LogP contribution is -2.26. The van der Waals surface area contributed by atoms with E-state index in [0.29, 0.717) is 9.45 Å². The van der Waals surface area contributed by atoms with Gasteiger partial charge in [0.25, 0.3) is 0 Å². The van der Waals surface area contributed by atoms with Crippen molar-refractivity contribution < 1.29 is 4.79 Å². The van der Waals surface area contributed by atoms with Gasteiger partial charge in [-0.3, -0.25) is 4.79 Å². The molecule has 1 atom stereocenters. The second-order valence-electron chi connectivity index (χ2n) is 5.50. The van der Waals surface area contributed by atoms with E-state index < -0.39 is 0 Å². The van der Waals surface area contributed by atoms with Crippen LogP contribution in [0.3, 0.4) is 0 Å². The van der Waals surface area contributed by atoms with Gasteiger partial charge in [-0.2, -0.15) is 0 Å². The third-order valence-electron chi connectivity index (χ3n) is 3.40. The predicted molar refractivity (Wildman–Crippen MR) is 109 cm³/mol. The summed E-state index contributed by atoms with van der Waals surface area (Å²) in [5.41, 5.74) is 3.23. The standard InChI is InChI=1S/C17H21N3OS3/c1-5-12-6-8-13(9-7-12)14-10-23-16(18-14)19-15(21)11(2)24-17(22)20(3)4/h6-11H,5H2,1-4H3,(H,18,19,21)/t11-/m1/s1. The van der Waals surface area contributed by atoms with Gasteiger partial charge in [0, 0.05) is 25.0 Å². The number of carbonyl (C=O) groups excluding carboxylic acids is 1. The number of hydrogen-bond acceptors (Lipinski definition) is 5. The van der Waals surface area contributed by atoms with Gasteiger partial charge in [-0.15, -0.1) is 11.3 Å². The van der Waals surface area contributed by atoms with Gasteiger partial charge in [0.1, 0.15) is 4.32 Å². The van der Waals surface area contributed by atoms with Crippen LogP contribution in [0.15, 0.2) is 29.6 Å². The van der Waals surface area contributed by atoms with Crippen molar-refractivity contribution in [3.8, 4) is 11.3 Å². The highest BCUT2D eigenvalue weighted by Crippen LogP contribution is 2.26. The Bertz CT molecular complexity index is 710. The van der Waals surface area contributed by atoms with Crippen LogP contribution in [-0.4, -0.2) is 39.5 Å². The molecule has 1 amide bonds. The van der Waals surface area contributed by atoms with Crippen LogP contribution < -0.4 is 5.32 Å². The van der Waals surface area contributed by atoms with Crippen LogP contribution in [0.2, 0.25) is 0 Å². The van der Waals surface area contributed by atoms with E-state index >= 15 is 0 Å². The molecule has 0 saturated heterocycles. The first-order valence-electron chi connectivity index (χ1n) is 7.64. The number of aryl methyl sites for hydroxylation is 1. The lowest BCUT2D eigenvalue weighted by Gasteiger charge is -2.16. The molecule has 2 rings (SSSR count). The first-order valence-corrected chi connectivity index (χ1v) is 9.81. The maximum atomic E-state index is 12.3. The average molecular weight is 380 g/mol. The summed E-state index contributed by atoms with van der Waals surface area (Å²) in [6.45, 7) is 3.97. The number of carbonyl (C=O) groups is 1. The summed E-state index contributed by atoms with van der Waals surface area (Å²) in [6.07, 6.45) is 1.02. The van der Waals surface area contributed by atoms with Gasteiger partial charge in [-0.25, -0.2) is 4.98 Å². The second kappa shape index (κ2) is 8.60. The van der Waals surface area contributed by atoms with Crippen molar-refractivity contribution >= 4 is 50.7 Å². The molecular formula is C17H21N3OS3. The van der Waals surface area contributed by atoms with Gasteiger partial charge in [0.15, 0.2) is 5.13 Å². The van der Waals surface area contributed by atoms with E-state index in [1.165, 1.54) is 28.7 Å². The summed E-state index contributed by atoms with van der Waals surface area (Å²) in [5, 5.41) is 5.17. The monoisotopic (exact) mass is 379 g/mol. The number of hydrogen-bond donors (Lipinski definition) is 1. The van der Waals surface area contributed by atoms with Crippen LogP contribution >= 0.6 is 35.3 Å². The third-order valence-corrected chi connectivity index (χ3v) is 5.95. The SMILES string of the molecule is CCc1ccc(-c2csc(NC(=O)[C@@H](C)SC(=S)N(C)C)n2)cc1. The molecule has 0 aliphatic rings. The molecular weight excluding hydrogens is 358 g/mol. The summed E-state index contributed by atoms with van der Waals surface area (Å²) < 4.78 is 0.688. The smallest absolute Gasteiger partial charge is 0.239 e. The summed E-state index contributed by atoms with van der Waals surface area (Å²) in [4.78, 5) is 18.6. The number of nitrogens with one attached hydrogen (secondary N) is 1. The molecule has 0 saturated carbocycles. The van der Waals surface area contributed by atoms with Crippen molar-refractivity contribution in [1.82, 2.24) is 9.88 Å².